The smallest absolute Gasteiger partial charge is 0.220 e. The Kier molecular flexibility index (Phi) is 4.71. The molecule has 0 unspecified atom stereocenters. The minimum atomic E-state index is -0.0233. The van der Waals surface area contributed by atoms with E-state index >= 15 is 0 Å². The Morgan fingerprint density at radius 3 is 2.63 bits per heavy atom. The van der Waals surface area contributed by atoms with Crippen LogP contribution in [0.1, 0.15) is 33.0 Å². The number of aryl methyl sites for hydroxylation is 2. The van der Waals surface area contributed by atoms with E-state index in [0.717, 1.165) is 35.0 Å². The van der Waals surface area contributed by atoms with E-state index in [1.165, 1.54) is 0 Å². The lowest BCUT2D eigenvalue weighted by Crippen LogP contribution is -2.48. The third-order valence-electron chi connectivity index (χ3n) is 3.37. The predicted octanol–water partition coefficient (Wildman–Crippen LogP) is 1.66. The summed E-state index contributed by atoms with van der Waals surface area (Å²) in [6, 6.07) is 1.92. The molecule has 0 spiro atoms. The highest BCUT2D eigenvalue weighted by Crippen LogP contribution is 2.22. The largest absolute Gasteiger partial charge is 0.356 e. The number of carbonyl (C=O) groups is 2. The molecule has 1 aromatic rings. The minimum Gasteiger partial charge on any atom is -0.356 e. The van der Waals surface area contributed by atoms with Gasteiger partial charge in [0, 0.05) is 53.7 Å². The maximum atomic E-state index is 12.0. The molecule has 1 aliphatic heterocycles. The lowest BCUT2D eigenvalue weighted by Gasteiger charge is -2.27. The number of hydrogen-bond acceptors (Lipinski definition) is 4. The fraction of sp³-hybridized carbons (Fsp3) is 0.571. The third kappa shape index (κ3) is 3.88. The van der Waals surface area contributed by atoms with Gasteiger partial charge in [0.1, 0.15) is 0 Å². The van der Waals surface area contributed by atoms with E-state index in [1.807, 2.05) is 19.9 Å². The molecule has 4 nitrogen and oxygen atoms in total. The summed E-state index contributed by atoms with van der Waals surface area (Å²) in [4.78, 5) is 25.8. The molecule has 2 rings (SSSR count). The van der Waals surface area contributed by atoms with Crippen molar-refractivity contribution in [3.63, 3.8) is 0 Å². The molecule has 0 saturated carbocycles. The highest BCUT2D eigenvalue weighted by atomic mass is 32.1. The molecule has 1 fully saturated rings. The molecule has 1 aromatic heterocycles. The van der Waals surface area contributed by atoms with E-state index in [4.69, 9.17) is 0 Å². The van der Waals surface area contributed by atoms with Crippen LogP contribution in [0.25, 0.3) is 0 Å². The minimum absolute atomic E-state index is 0.0233. The molecular weight excluding hydrogens is 260 g/mol. The van der Waals surface area contributed by atoms with Gasteiger partial charge in [-0.05, 0) is 19.9 Å². The molecule has 0 aromatic carbocycles. The van der Waals surface area contributed by atoms with Gasteiger partial charge in [-0.3, -0.25) is 9.59 Å². The van der Waals surface area contributed by atoms with Crippen LogP contribution in [-0.2, 0) is 4.79 Å². The SMILES string of the molecule is Cc1cc(C(=O)CCC(=O)NCC2CNC2)c(C)s1. The van der Waals surface area contributed by atoms with E-state index in [-0.39, 0.29) is 18.1 Å². The van der Waals surface area contributed by atoms with Crippen molar-refractivity contribution in [3.05, 3.63) is 21.4 Å². The molecule has 0 aliphatic carbocycles. The Morgan fingerprint density at radius 1 is 1.37 bits per heavy atom. The first-order valence-corrected chi connectivity index (χ1v) is 7.45. The number of ketones is 1. The number of hydrogen-bond donors (Lipinski definition) is 2. The highest BCUT2D eigenvalue weighted by Gasteiger charge is 2.18. The summed E-state index contributed by atoms with van der Waals surface area (Å²) in [6.45, 7) is 6.62. The van der Waals surface area contributed by atoms with Gasteiger partial charge in [-0.2, -0.15) is 0 Å². The van der Waals surface area contributed by atoms with Gasteiger partial charge in [-0.25, -0.2) is 0 Å². The molecule has 2 N–H and O–H groups in total. The third-order valence-corrected chi connectivity index (χ3v) is 4.34. The monoisotopic (exact) mass is 280 g/mol. The van der Waals surface area contributed by atoms with Gasteiger partial charge >= 0.3 is 0 Å². The number of amides is 1. The zero-order valence-electron chi connectivity index (χ0n) is 11.4. The lowest BCUT2D eigenvalue weighted by molar-refractivity contribution is -0.121. The van der Waals surface area contributed by atoms with Crippen molar-refractivity contribution in [3.8, 4) is 0 Å². The first-order valence-electron chi connectivity index (χ1n) is 6.64. The molecule has 2 heterocycles. The summed E-state index contributed by atoms with van der Waals surface area (Å²) in [6.07, 6.45) is 0.582. The van der Waals surface area contributed by atoms with Crippen LogP contribution in [0.5, 0.6) is 0 Å². The quantitative estimate of drug-likeness (QED) is 0.779. The predicted molar refractivity (Wildman–Crippen MR) is 76.7 cm³/mol. The number of Topliss-reactive ketones (excluding diaryl/α,β-unsaturated/α-hetero) is 1. The first-order chi connectivity index (χ1) is 9.06. The highest BCUT2D eigenvalue weighted by molar-refractivity contribution is 7.12. The molecule has 104 valence electrons. The van der Waals surface area contributed by atoms with Gasteiger partial charge in [-0.1, -0.05) is 0 Å². The topological polar surface area (TPSA) is 58.2 Å². The van der Waals surface area contributed by atoms with Crippen molar-refractivity contribution in [2.45, 2.75) is 26.7 Å². The van der Waals surface area contributed by atoms with Crippen molar-refractivity contribution >= 4 is 23.0 Å². The first kappa shape index (κ1) is 14.2. The molecule has 0 bridgehead atoms. The summed E-state index contributed by atoms with van der Waals surface area (Å²) in [5.41, 5.74) is 0.776. The zero-order valence-corrected chi connectivity index (χ0v) is 12.2. The standard InChI is InChI=1S/C14H20N2O2S/c1-9-5-12(10(2)19-9)13(17)3-4-14(18)16-8-11-6-15-7-11/h5,11,15H,3-4,6-8H2,1-2H3,(H,16,18). The summed E-state index contributed by atoms with van der Waals surface area (Å²) in [5.74, 6) is 0.605. The summed E-state index contributed by atoms with van der Waals surface area (Å²) in [5, 5.41) is 6.04. The molecule has 1 amide bonds. The maximum Gasteiger partial charge on any atom is 0.220 e. The molecule has 1 aliphatic rings. The fourth-order valence-electron chi connectivity index (χ4n) is 2.11. The number of rotatable bonds is 6. The average Bonchev–Trinajstić information content (AvgIpc) is 2.63. The van der Waals surface area contributed by atoms with Crippen molar-refractivity contribution in [2.24, 2.45) is 5.92 Å². The molecule has 0 atom stereocenters. The Hall–Kier alpha value is -1.20. The second-order valence-electron chi connectivity index (χ2n) is 5.08. The Balaban J connectivity index is 1.73. The maximum absolute atomic E-state index is 12.0. The van der Waals surface area contributed by atoms with E-state index < -0.39 is 0 Å². The van der Waals surface area contributed by atoms with Gasteiger partial charge in [0.15, 0.2) is 5.78 Å². The average molecular weight is 280 g/mol. The van der Waals surface area contributed by atoms with Crippen molar-refractivity contribution < 1.29 is 9.59 Å². The normalized spacial score (nSPS) is 15.1. The molecule has 19 heavy (non-hydrogen) atoms. The van der Waals surface area contributed by atoms with Crippen molar-refractivity contribution in [1.82, 2.24) is 10.6 Å². The van der Waals surface area contributed by atoms with Gasteiger partial charge in [0.05, 0.1) is 0 Å². The van der Waals surface area contributed by atoms with E-state index in [1.54, 1.807) is 11.3 Å². The van der Waals surface area contributed by atoms with Gasteiger partial charge < -0.3 is 10.6 Å². The van der Waals surface area contributed by atoms with Crippen LogP contribution in [0, 0.1) is 19.8 Å². The molecular formula is C14H20N2O2S. The van der Waals surface area contributed by atoms with Gasteiger partial charge in [0.25, 0.3) is 0 Å². The van der Waals surface area contributed by atoms with Crippen LogP contribution in [-0.4, -0.2) is 31.3 Å². The Morgan fingerprint density at radius 2 is 2.11 bits per heavy atom. The van der Waals surface area contributed by atoms with Crippen LogP contribution in [0.15, 0.2) is 6.07 Å². The van der Waals surface area contributed by atoms with Crippen LogP contribution >= 0.6 is 11.3 Å². The number of nitrogens with one attached hydrogen (secondary N) is 2. The van der Waals surface area contributed by atoms with Crippen LogP contribution < -0.4 is 10.6 Å². The molecule has 0 radical (unpaired) electrons. The second kappa shape index (κ2) is 6.30. The summed E-state index contributed by atoms with van der Waals surface area (Å²) >= 11 is 1.63. The van der Waals surface area contributed by atoms with E-state index in [0.29, 0.717) is 12.3 Å². The Bertz CT molecular complexity index is 478. The zero-order chi connectivity index (χ0) is 13.8. The number of carbonyl (C=O) groups excluding carboxylic acids is 2. The molecule has 1 saturated heterocycles. The van der Waals surface area contributed by atoms with Gasteiger partial charge in [0.2, 0.25) is 5.91 Å². The summed E-state index contributed by atoms with van der Waals surface area (Å²) < 4.78 is 0. The van der Waals surface area contributed by atoms with E-state index in [9.17, 15) is 9.59 Å². The molecule has 5 heteroatoms. The van der Waals surface area contributed by atoms with Crippen molar-refractivity contribution in [1.29, 1.82) is 0 Å². The summed E-state index contributed by atoms with van der Waals surface area (Å²) in [7, 11) is 0. The van der Waals surface area contributed by atoms with Gasteiger partial charge in [-0.15, -0.1) is 11.3 Å². The second-order valence-corrected chi connectivity index (χ2v) is 6.54. The Labute approximate surface area is 117 Å². The lowest BCUT2D eigenvalue weighted by atomic mass is 10.0. The van der Waals surface area contributed by atoms with Crippen LogP contribution in [0.3, 0.4) is 0 Å². The van der Waals surface area contributed by atoms with Crippen LogP contribution in [0.4, 0.5) is 0 Å². The van der Waals surface area contributed by atoms with Crippen molar-refractivity contribution in [2.75, 3.05) is 19.6 Å². The number of thiophene rings is 1. The fourth-order valence-corrected chi connectivity index (χ4v) is 3.05. The van der Waals surface area contributed by atoms with E-state index in [2.05, 4.69) is 10.6 Å². The van der Waals surface area contributed by atoms with Crippen LogP contribution in [0.2, 0.25) is 0 Å².